The third-order valence-electron chi connectivity index (χ3n) is 7.62. The Balaban J connectivity index is 0.000000644. The minimum absolute atomic E-state index is 0.00743. The Morgan fingerprint density at radius 2 is 1.81 bits per heavy atom. The normalized spacial score (nSPS) is 16.1. The van der Waals surface area contributed by atoms with Crippen LogP contribution in [0.3, 0.4) is 0 Å². The molecule has 1 saturated heterocycles. The first-order chi connectivity index (χ1) is 22.7. The summed E-state index contributed by atoms with van der Waals surface area (Å²) < 4.78 is 42.1. The number of imidazole rings is 1. The number of rotatable bonds is 14. The number of aliphatic hydroxyl groups is 1. The first-order valence-electron chi connectivity index (χ1n) is 15.4. The quantitative estimate of drug-likeness (QED) is 0.119. The summed E-state index contributed by atoms with van der Waals surface area (Å²) in [5.74, 6) is -0.485. The number of alkyl halides is 1. The summed E-state index contributed by atoms with van der Waals surface area (Å²) in [6.45, 7) is 5.00. The zero-order chi connectivity index (χ0) is 33.9. The largest absolute Gasteiger partial charge is 0.491 e. The van der Waals surface area contributed by atoms with Crippen LogP contribution in [0.25, 0.3) is 11.0 Å². The Morgan fingerprint density at radius 1 is 1.09 bits per heavy atom. The Hall–Kier alpha value is -4.40. The molecule has 47 heavy (non-hydrogen) atoms. The summed E-state index contributed by atoms with van der Waals surface area (Å²) in [7, 11) is 1.15. The van der Waals surface area contributed by atoms with Crippen LogP contribution in [0.15, 0.2) is 42.5 Å². The highest BCUT2D eigenvalue weighted by atomic mass is 19.1. The summed E-state index contributed by atoms with van der Waals surface area (Å²) in [5, 5.41) is 9.24. The van der Waals surface area contributed by atoms with Gasteiger partial charge in [-0.3, -0.25) is 19.3 Å². The van der Waals surface area contributed by atoms with E-state index in [0.717, 1.165) is 43.7 Å². The van der Waals surface area contributed by atoms with Crippen molar-refractivity contribution < 1.29 is 56.9 Å². The SMILES string of the molecule is CC(=O)OCCOCC[n+]1c(CN2C(=O)c3ccccc3C2=O)n(CC2CCCO2)c2cc(OCCO)ccc21.COC(=O)C(C)F. The molecule has 2 unspecified atom stereocenters. The molecule has 1 fully saturated rings. The van der Waals surface area contributed by atoms with Gasteiger partial charge in [-0.15, -0.1) is 0 Å². The molecule has 0 bridgehead atoms. The van der Waals surface area contributed by atoms with Crippen LogP contribution in [0, 0.1) is 0 Å². The number of carbonyl (C=O) groups excluding carboxylic acids is 4. The Kier molecular flexibility index (Phi) is 12.8. The molecule has 2 atom stereocenters. The van der Waals surface area contributed by atoms with Crippen LogP contribution in [0.1, 0.15) is 53.2 Å². The molecule has 2 aliphatic rings. The maximum Gasteiger partial charge on any atom is 0.340 e. The molecule has 2 aliphatic heterocycles. The number of esters is 2. The van der Waals surface area contributed by atoms with Gasteiger partial charge in [0.25, 0.3) is 17.6 Å². The maximum absolute atomic E-state index is 13.3. The second kappa shape index (κ2) is 17.0. The van der Waals surface area contributed by atoms with Crippen molar-refractivity contribution in [2.45, 2.75) is 58.6 Å². The zero-order valence-corrected chi connectivity index (χ0v) is 26.8. The molecule has 0 spiro atoms. The molecule has 2 amide bonds. The number of ether oxygens (including phenoxy) is 5. The Morgan fingerprint density at radius 3 is 2.38 bits per heavy atom. The van der Waals surface area contributed by atoms with Gasteiger partial charge < -0.3 is 28.8 Å². The highest BCUT2D eigenvalue weighted by molar-refractivity contribution is 6.21. The van der Waals surface area contributed by atoms with Crippen molar-refractivity contribution in [1.29, 1.82) is 0 Å². The van der Waals surface area contributed by atoms with E-state index in [1.165, 1.54) is 11.8 Å². The Bertz CT molecular complexity index is 1530. The predicted octanol–water partition coefficient (Wildman–Crippen LogP) is 2.37. The molecule has 0 radical (unpaired) electrons. The number of fused-ring (bicyclic) bond motifs is 2. The number of amides is 2. The number of aromatic nitrogens is 2. The van der Waals surface area contributed by atoms with Crippen LogP contribution in [-0.2, 0) is 48.2 Å². The van der Waals surface area contributed by atoms with Crippen molar-refractivity contribution in [3.8, 4) is 5.75 Å². The number of nitrogens with zero attached hydrogens (tertiary/aromatic N) is 3. The summed E-state index contributed by atoms with van der Waals surface area (Å²) >= 11 is 0. The third-order valence-corrected chi connectivity index (χ3v) is 7.62. The number of imide groups is 1. The minimum atomic E-state index is -1.50. The number of benzene rings is 2. The molecular formula is C33H41FN3O10+. The summed E-state index contributed by atoms with van der Waals surface area (Å²) in [5.41, 5.74) is 2.53. The molecule has 0 aliphatic carbocycles. The molecule has 254 valence electrons. The van der Waals surface area contributed by atoms with Crippen LogP contribution in [0.5, 0.6) is 5.75 Å². The van der Waals surface area contributed by atoms with E-state index < -0.39 is 12.1 Å². The van der Waals surface area contributed by atoms with E-state index in [4.69, 9.17) is 18.9 Å². The molecule has 3 aromatic rings. The fourth-order valence-electron chi connectivity index (χ4n) is 5.43. The van der Waals surface area contributed by atoms with Gasteiger partial charge in [0.1, 0.15) is 38.6 Å². The van der Waals surface area contributed by atoms with Crippen LogP contribution in [0.2, 0.25) is 0 Å². The van der Waals surface area contributed by atoms with Gasteiger partial charge in [-0.2, -0.15) is 0 Å². The van der Waals surface area contributed by atoms with E-state index in [2.05, 4.69) is 13.9 Å². The van der Waals surface area contributed by atoms with Crippen molar-refractivity contribution in [3.05, 3.63) is 59.4 Å². The van der Waals surface area contributed by atoms with Gasteiger partial charge in [0.15, 0.2) is 17.2 Å². The van der Waals surface area contributed by atoms with Gasteiger partial charge in [-0.1, -0.05) is 12.1 Å². The monoisotopic (exact) mass is 658 g/mol. The molecule has 13 nitrogen and oxygen atoms in total. The fourth-order valence-corrected chi connectivity index (χ4v) is 5.43. The molecule has 1 aromatic heterocycles. The lowest BCUT2D eigenvalue weighted by atomic mass is 10.1. The number of carbonyl (C=O) groups is 4. The van der Waals surface area contributed by atoms with Gasteiger partial charge in [0.2, 0.25) is 0 Å². The van der Waals surface area contributed by atoms with Crippen molar-refractivity contribution in [1.82, 2.24) is 9.47 Å². The van der Waals surface area contributed by atoms with E-state index in [1.54, 1.807) is 24.3 Å². The van der Waals surface area contributed by atoms with E-state index >= 15 is 0 Å². The lowest BCUT2D eigenvalue weighted by Crippen LogP contribution is -2.44. The van der Waals surface area contributed by atoms with Crippen molar-refractivity contribution >= 4 is 34.8 Å². The average molecular weight is 659 g/mol. The topological polar surface area (TPSA) is 147 Å². The second-order valence-corrected chi connectivity index (χ2v) is 10.9. The predicted molar refractivity (Wildman–Crippen MR) is 164 cm³/mol. The number of hydrogen-bond acceptors (Lipinski definition) is 10. The van der Waals surface area contributed by atoms with Gasteiger partial charge in [-0.25, -0.2) is 18.3 Å². The number of hydrogen-bond donors (Lipinski definition) is 1. The molecule has 0 saturated carbocycles. The van der Waals surface area contributed by atoms with Gasteiger partial charge in [0.05, 0.1) is 44.2 Å². The van der Waals surface area contributed by atoms with Crippen molar-refractivity contribution in [2.75, 3.05) is 46.8 Å². The fraction of sp³-hybridized carbons (Fsp3) is 0.485. The van der Waals surface area contributed by atoms with E-state index in [9.17, 15) is 28.7 Å². The molecule has 2 aromatic carbocycles. The lowest BCUT2D eigenvalue weighted by molar-refractivity contribution is -0.682. The molecule has 5 rings (SSSR count). The van der Waals surface area contributed by atoms with Gasteiger partial charge in [-0.05, 0) is 44.0 Å². The average Bonchev–Trinajstić information content (AvgIpc) is 3.75. The van der Waals surface area contributed by atoms with E-state index in [0.29, 0.717) is 43.2 Å². The minimum Gasteiger partial charge on any atom is -0.491 e. The molecule has 3 heterocycles. The van der Waals surface area contributed by atoms with Crippen LogP contribution >= 0.6 is 0 Å². The zero-order valence-electron chi connectivity index (χ0n) is 26.8. The first kappa shape index (κ1) is 35.5. The van der Waals surface area contributed by atoms with Crippen LogP contribution in [0.4, 0.5) is 4.39 Å². The van der Waals surface area contributed by atoms with E-state index in [-0.39, 0.29) is 56.9 Å². The van der Waals surface area contributed by atoms with Gasteiger partial charge >= 0.3 is 11.9 Å². The van der Waals surface area contributed by atoms with Crippen LogP contribution in [-0.4, -0.2) is 97.4 Å². The van der Waals surface area contributed by atoms with Gasteiger partial charge in [0, 0.05) is 19.6 Å². The van der Waals surface area contributed by atoms with E-state index in [1.807, 2.05) is 18.2 Å². The summed E-state index contributed by atoms with van der Waals surface area (Å²) in [4.78, 5) is 48.9. The molecular weight excluding hydrogens is 617 g/mol. The molecule has 1 N–H and O–H groups in total. The van der Waals surface area contributed by atoms with Crippen LogP contribution < -0.4 is 9.30 Å². The van der Waals surface area contributed by atoms with Crippen molar-refractivity contribution in [2.24, 2.45) is 0 Å². The highest BCUT2D eigenvalue weighted by Crippen LogP contribution is 2.28. The smallest absolute Gasteiger partial charge is 0.340 e. The lowest BCUT2D eigenvalue weighted by Gasteiger charge is -2.15. The highest BCUT2D eigenvalue weighted by Gasteiger charge is 2.39. The number of halogens is 1. The third kappa shape index (κ3) is 8.90. The Labute approximate surface area is 271 Å². The maximum atomic E-state index is 13.3. The standard InChI is InChI=1S/C29H34N3O8.C4H7FO2/c1-20(34)38-16-15-37-13-10-30-25-9-8-21(40-14-11-33)17-26(25)31(18-22-5-4-12-39-22)27(30)19-32-28(35)23-6-2-3-7-24(23)29(32)36;1-3(5)4(6)7-2/h2-3,6-9,17,22,33H,4-5,10-16,18-19H2,1H3;3H,1-2H3/q+1;. The van der Waals surface area contributed by atoms with Crippen molar-refractivity contribution in [3.63, 3.8) is 0 Å². The number of aliphatic hydroxyl groups excluding tert-OH is 1. The number of methoxy groups -OCH3 is 1. The summed E-state index contributed by atoms with van der Waals surface area (Å²) in [6.07, 6.45) is 0.377. The first-order valence-corrected chi connectivity index (χ1v) is 15.4. The second-order valence-electron chi connectivity index (χ2n) is 10.9. The summed E-state index contributed by atoms with van der Waals surface area (Å²) in [6, 6.07) is 12.5. The molecule has 14 heteroatoms.